The second-order valence-corrected chi connectivity index (χ2v) is 9.95. The molecule has 1 N–H and O–H groups in total. The Balaban J connectivity index is 0.00000676. The molecule has 1 rings (SSSR count). The number of hydrogen-bond acceptors (Lipinski definition) is 4. The van der Waals surface area contributed by atoms with Crippen LogP contribution in [0, 0.1) is 5.41 Å². The van der Waals surface area contributed by atoms with Gasteiger partial charge < -0.3 is 10.2 Å². The second kappa shape index (κ2) is 10.5. The number of piperazine rings is 1. The van der Waals surface area contributed by atoms with E-state index in [0.717, 1.165) is 0 Å². The summed E-state index contributed by atoms with van der Waals surface area (Å²) >= 11 is 0. The molecule has 1 fully saturated rings. The maximum atomic E-state index is 12.8. The maximum Gasteiger partial charge on any atom is 0.403 e. The highest BCUT2D eigenvalue weighted by Crippen LogP contribution is 2.25. The smallest absolute Gasteiger partial charge is 0.356 e. The molecule has 1 saturated heterocycles. The topological polar surface area (TPSA) is 65.0 Å². The summed E-state index contributed by atoms with van der Waals surface area (Å²) in [5.74, 6) is 0.755. The van der Waals surface area contributed by atoms with Gasteiger partial charge in [-0.05, 0) is 18.8 Å². The molecular formula is C16H32F3IN4O2S. The lowest BCUT2D eigenvalue weighted by atomic mass is 9.90. The second-order valence-electron chi connectivity index (χ2n) is 7.69. The third-order valence-electron chi connectivity index (χ3n) is 4.72. The molecule has 1 aliphatic heterocycles. The standard InChI is InChI=1S/C16H31F3N4O2S.HI/c1-13(16(17,18)19)22-7-9-23(10-8-22)14(20-4)21-12-15(2,3)6-11-26(5,24)25;/h13H,6-12H2,1-5H3,(H,20,21);1H. The van der Waals surface area contributed by atoms with E-state index in [4.69, 9.17) is 0 Å². The average molecular weight is 528 g/mol. The predicted octanol–water partition coefficient (Wildman–Crippen LogP) is 2.21. The first-order chi connectivity index (χ1) is 11.7. The number of nitrogens with zero attached hydrogens (tertiary/aromatic N) is 3. The van der Waals surface area contributed by atoms with Crippen LogP contribution in [0.3, 0.4) is 0 Å². The quantitative estimate of drug-likeness (QED) is 0.326. The summed E-state index contributed by atoms with van der Waals surface area (Å²) in [5.41, 5.74) is -0.244. The minimum atomic E-state index is -4.22. The molecule has 1 unspecified atom stereocenters. The van der Waals surface area contributed by atoms with Crippen LogP contribution in [0.1, 0.15) is 27.2 Å². The van der Waals surface area contributed by atoms with Crippen LogP contribution in [0.4, 0.5) is 13.2 Å². The highest BCUT2D eigenvalue weighted by molar-refractivity contribution is 14.0. The van der Waals surface area contributed by atoms with E-state index >= 15 is 0 Å². The summed E-state index contributed by atoms with van der Waals surface area (Å²) in [6, 6.07) is -1.45. The van der Waals surface area contributed by atoms with Crippen LogP contribution in [0.15, 0.2) is 4.99 Å². The lowest BCUT2D eigenvalue weighted by molar-refractivity contribution is -0.181. The first-order valence-corrected chi connectivity index (χ1v) is 10.8. The number of guanidine groups is 1. The summed E-state index contributed by atoms with van der Waals surface area (Å²) in [7, 11) is -1.38. The predicted molar refractivity (Wildman–Crippen MR) is 114 cm³/mol. The molecule has 0 spiro atoms. The van der Waals surface area contributed by atoms with Crippen molar-refractivity contribution in [3.63, 3.8) is 0 Å². The number of halogens is 4. The van der Waals surface area contributed by atoms with Crippen LogP contribution in [0.2, 0.25) is 0 Å². The number of sulfone groups is 1. The molecule has 1 aliphatic rings. The van der Waals surface area contributed by atoms with Crippen LogP contribution < -0.4 is 5.32 Å². The minimum Gasteiger partial charge on any atom is -0.356 e. The van der Waals surface area contributed by atoms with E-state index in [9.17, 15) is 21.6 Å². The number of aliphatic imine (C=N–C) groups is 1. The van der Waals surface area contributed by atoms with Crippen molar-refractivity contribution < 1.29 is 21.6 Å². The Morgan fingerprint density at radius 2 is 1.70 bits per heavy atom. The molecule has 0 bridgehead atoms. The molecule has 1 heterocycles. The summed E-state index contributed by atoms with van der Waals surface area (Å²) in [4.78, 5) is 7.58. The van der Waals surface area contributed by atoms with Crippen molar-refractivity contribution in [3.8, 4) is 0 Å². The summed E-state index contributed by atoms with van der Waals surface area (Å²) in [6.45, 7) is 7.23. The minimum absolute atomic E-state index is 0. The lowest BCUT2D eigenvalue weighted by Gasteiger charge is -2.40. The van der Waals surface area contributed by atoms with Crippen molar-refractivity contribution in [3.05, 3.63) is 0 Å². The molecule has 0 aromatic rings. The Labute approximate surface area is 177 Å². The van der Waals surface area contributed by atoms with Crippen molar-refractivity contribution in [2.75, 3.05) is 51.8 Å². The van der Waals surface area contributed by atoms with E-state index < -0.39 is 22.1 Å². The molecule has 0 aliphatic carbocycles. The normalized spacial score (nSPS) is 18.8. The first kappa shape index (κ1) is 26.7. The number of rotatable bonds is 6. The molecule has 0 amide bonds. The molecule has 0 aromatic heterocycles. The summed E-state index contributed by atoms with van der Waals surface area (Å²) in [6.07, 6.45) is -2.48. The van der Waals surface area contributed by atoms with Crippen molar-refractivity contribution in [1.82, 2.24) is 15.1 Å². The van der Waals surface area contributed by atoms with Crippen LogP contribution in [0.25, 0.3) is 0 Å². The Morgan fingerprint density at radius 1 is 1.19 bits per heavy atom. The van der Waals surface area contributed by atoms with Gasteiger partial charge in [0.2, 0.25) is 0 Å². The number of nitrogens with one attached hydrogen (secondary N) is 1. The average Bonchev–Trinajstić information content (AvgIpc) is 2.52. The first-order valence-electron chi connectivity index (χ1n) is 8.69. The third-order valence-corrected chi connectivity index (χ3v) is 5.67. The van der Waals surface area contributed by atoms with Gasteiger partial charge in [0, 0.05) is 46.0 Å². The van der Waals surface area contributed by atoms with Crippen molar-refractivity contribution >= 4 is 39.8 Å². The van der Waals surface area contributed by atoms with Gasteiger partial charge in [0.05, 0.1) is 5.75 Å². The van der Waals surface area contributed by atoms with Crippen LogP contribution in [-0.4, -0.2) is 88.2 Å². The number of alkyl halides is 3. The van der Waals surface area contributed by atoms with Gasteiger partial charge in [0.25, 0.3) is 0 Å². The fraction of sp³-hybridized carbons (Fsp3) is 0.938. The largest absolute Gasteiger partial charge is 0.403 e. The molecule has 27 heavy (non-hydrogen) atoms. The van der Waals surface area contributed by atoms with Gasteiger partial charge in [0.15, 0.2) is 5.96 Å². The zero-order chi connectivity index (χ0) is 20.2. The van der Waals surface area contributed by atoms with E-state index in [1.807, 2.05) is 18.7 Å². The monoisotopic (exact) mass is 528 g/mol. The number of hydrogen-bond donors (Lipinski definition) is 1. The van der Waals surface area contributed by atoms with Crippen molar-refractivity contribution in [2.45, 2.75) is 39.4 Å². The zero-order valence-corrected chi connectivity index (χ0v) is 19.8. The van der Waals surface area contributed by atoms with E-state index in [2.05, 4.69) is 10.3 Å². The fourth-order valence-corrected chi connectivity index (χ4v) is 3.65. The zero-order valence-electron chi connectivity index (χ0n) is 16.6. The van der Waals surface area contributed by atoms with Crippen LogP contribution in [0.5, 0.6) is 0 Å². The molecule has 0 saturated carbocycles. The maximum absolute atomic E-state index is 12.8. The molecule has 162 valence electrons. The van der Waals surface area contributed by atoms with Gasteiger partial charge in [0.1, 0.15) is 15.9 Å². The molecule has 6 nitrogen and oxygen atoms in total. The van der Waals surface area contributed by atoms with Gasteiger partial charge >= 0.3 is 6.18 Å². The van der Waals surface area contributed by atoms with Crippen LogP contribution in [-0.2, 0) is 9.84 Å². The van der Waals surface area contributed by atoms with Gasteiger partial charge in [-0.25, -0.2) is 8.42 Å². The lowest BCUT2D eigenvalue weighted by Crippen LogP contribution is -2.57. The summed E-state index contributed by atoms with van der Waals surface area (Å²) < 4.78 is 61.2. The van der Waals surface area contributed by atoms with Gasteiger partial charge in [-0.3, -0.25) is 9.89 Å². The van der Waals surface area contributed by atoms with Crippen LogP contribution >= 0.6 is 24.0 Å². The van der Waals surface area contributed by atoms with Gasteiger partial charge in [-0.15, -0.1) is 24.0 Å². The summed E-state index contributed by atoms with van der Waals surface area (Å²) in [5, 5.41) is 3.23. The van der Waals surface area contributed by atoms with Crippen molar-refractivity contribution in [2.24, 2.45) is 10.4 Å². The van der Waals surface area contributed by atoms with Gasteiger partial charge in [-0.2, -0.15) is 13.2 Å². The van der Waals surface area contributed by atoms with Crippen molar-refractivity contribution in [1.29, 1.82) is 0 Å². The highest BCUT2D eigenvalue weighted by Gasteiger charge is 2.41. The van der Waals surface area contributed by atoms with Gasteiger partial charge in [-0.1, -0.05) is 13.8 Å². The molecule has 1 atom stereocenters. The fourth-order valence-electron chi connectivity index (χ4n) is 2.73. The van der Waals surface area contributed by atoms with E-state index in [0.29, 0.717) is 45.1 Å². The molecular weight excluding hydrogens is 496 g/mol. The van der Waals surface area contributed by atoms with E-state index in [1.54, 1.807) is 7.05 Å². The highest BCUT2D eigenvalue weighted by atomic mass is 127. The molecule has 0 aromatic carbocycles. The Kier molecular flexibility index (Phi) is 10.4. The Bertz CT molecular complexity index is 589. The van der Waals surface area contributed by atoms with E-state index in [-0.39, 0.29) is 35.1 Å². The molecule has 0 radical (unpaired) electrons. The Morgan fingerprint density at radius 3 is 2.11 bits per heavy atom. The van der Waals surface area contributed by atoms with E-state index in [1.165, 1.54) is 18.1 Å². The molecule has 11 heteroatoms. The third kappa shape index (κ3) is 9.64. The SMILES string of the molecule is CN=C(NCC(C)(C)CCS(C)(=O)=O)N1CCN(C(C)C(F)(F)F)CC1.I. The Hall–Kier alpha value is -0.300.